The molecule has 0 amide bonds. The minimum Gasteiger partial charge on any atom is -0.103 e. The summed E-state index contributed by atoms with van der Waals surface area (Å²) in [6.45, 7) is 9.79. The lowest BCUT2D eigenvalue weighted by molar-refractivity contribution is 0.620. The summed E-state index contributed by atoms with van der Waals surface area (Å²) in [6.07, 6.45) is 12.8. The Morgan fingerprint density at radius 3 is 2.08 bits per heavy atom. The number of rotatable bonds is 9. The van der Waals surface area contributed by atoms with Gasteiger partial charge in [-0.1, -0.05) is 44.8 Å². The summed E-state index contributed by atoms with van der Waals surface area (Å²) >= 11 is 0. The van der Waals surface area contributed by atoms with Crippen molar-refractivity contribution in [2.24, 2.45) is 0 Å². The van der Waals surface area contributed by atoms with Gasteiger partial charge in [0.15, 0.2) is 0 Å². The van der Waals surface area contributed by atoms with E-state index in [1.807, 2.05) is 12.2 Å². The van der Waals surface area contributed by atoms with Crippen LogP contribution < -0.4 is 0 Å². The van der Waals surface area contributed by atoms with Crippen molar-refractivity contribution in [2.75, 3.05) is 0 Å². The van der Waals surface area contributed by atoms with Gasteiger partial charge in [0.05, 0.1) is 0 Å². The zero-order valence-electron chi connectivity index (χ0n) is 9.02. The molecule has 0 nitrogen and oxygen atoms in total. The van der Waals surface area contributed by atoms with Crippen LogP contribution in [0.3, 0.4) is 0 Å². The van der Waals surface area contributed by atoms with E-state index >= 15 is 0 Å². The molecule has 13 heavy (non-hydrogen) atoms. The van der Waals surface area contributed by atoms with E-state index < -0.39 is 0 Å². The molecule has 0 saturated carbocycles. The number of allylic oxidation sites excluding steroid dienone is 2. The monoisotopic (exact) mass is 179 g/mol. The highest BCUT2D eigenvalue weighted by Gasteiger charge is 2.04. The van der Waals surface area contributed by atoms with E-state index in [4.69, 9.17) is 0 Å². The van der Waals surface area contributed by atoms with Crippen LogP contribution in [0.2, 0.25) is 0 Å². The van der Waals surface area contributed by atoms with E-state index in [9.17, 15) is 0 Å². The average Bonchev–Trinajstić information content (AvgIpc) is 2.13. The fraction of sp³-hybridized carbons (Fsp3) is 0.615. The number of unbranched alkanes of at least 4 members (excludes halogenated alkanes) is 3. The first kappa shape index (κ1) is 12.5. The second-order valence-corrected chi connectivity index (χ2v) is 3.55. The molecule has 0 heteroatoms. The summed E-state index contributed by atoms with van der Waals surface area (Å²) in [7, 11) is 0. The Balaban J connectivity index is 3.43. The summed E-state index contributed by atoms with van der Waals surface area (Å²) in [5, 5.41) is 0. The van der Waals surface area contributed by atoms with E-state index in [-0.39, 0.29) is 0 Å². The normalized spacial score (nSPS) is 10.3. The molecule has 0 heterocycles. The largest absolute Gasteiger partial charge is 0.103 e. The van der Waals surface area contributed by atoms with Crippen molar-refractivity contribution >= 4 is 0 Å². The van der Waals surface area contributed by atoms with E-state index in [2.05, 4.69) is 20.1 Å². The van der Waals surface area contributed by atoms with Crippen LogP contribution >= 0.6 is 0 Å². The number of hydrogen-bond donors (Lipinski definition) is 0. The van der Waals surface area contributed by atoms with Crippen LogP contribution in [-0.2, 0) is 0 Å². The first-order chi connectivity index (χ1) is 6.35. The van der Waals surface area contributed by atoms with E-state index in [0.717, 1.165) is 12.8 Å². The lowest BCUT2D eigenvalue weighted by atomic mass is 9.94. The fourth-order valence-corrected chi connectivity index (χ4v) is 1.50. The first-order valence-electron chi connectivity index (χ1n) is 5.40. The van der Waals surface area contributed by atoms with Gasteiger partial charge < -0.3 is 0 Å². The van der Waals surface area contributed by atoms with Crippen molar-refractivity contribution in [3.8, 4) is 0 Å². The third-order valence-corrected chi connectivity index (χ3v) is 2.25. The molecule has 0 aliphatic rings. The molecule has 0 saturated heterocycles. The molecule has 1 radical (unpaired) electrons. The van der Waals surface area contributed by atoms with Crippen LogP contribution in [0, 0.1) is 5.92 Å². The fourth-order valence-electron chi connectivity index (χ4n) is 1.50. The number of hydrogen-bond acceptors (Lipinski definition) is 0. The molecule has 75 valence electrons. The second-order valence-electron chi connectivity index (χ2n) is 3.55. The standard InChI is InChI=1S/C13H23/c1-4-7-8-9-12-13(10-5-2)11-6-3/h5-6H,2-4,7-12H2,1H3. The topological polar surface area (TPSA) is 0 Å². The zero-order chi connectivity index (χ0) is 9.94. The van der Waals surface area contributed by atoms with Crippen LogP contribution in [0.5, 0.6) is 0 Å². The van der Waals surface area contributed by atoms with Crippen molar-refractivity contribution in [1.82, 2.24) is 0 Å². The van der Waals surface area contributed by atoms with Crippen molar-refractivity contribution in [3.05, 3.63) is 31.2 Å². The van der Waals surface area contributed by atoms with E-state index in [1.54, 1.807) is 5.92 Å². The predicted molar refractivity (Wildman–Crippen MR) is 61.6 cm³/mol. The van der Waals surface area contributed by atoms with E-state index in [0.29, 0.717) is 0 Å². The highest BCUT2D eigenvalue weighted by Crippen LogP contribution is 2.20. The lowest BCUT2D eigenvalue weighted by Gasteiger charge is -2.11. The SMILES string of the molecule is C=CC[C](CC=C)CCCCCC. The summed E-state index contributed by atoms with van der Waals surface area (Å²) in [4.78, 5) is 0. The van der Waals surface area contributed by atoms with Crippen LogP contribution in [0.25, 0.3) is 0 Å². The Kier molecular flexibility index (Phi) is 9.18. The molecule has 0 unspecified atom stereocenters. The van der Waals surface area contributed by atoms with Crippen molar-refractivity contribution < 1.29 is 0 Å². The van der Waals surface area contributed by atoms with Crippen LogP contribution in [0.15, 0.2) is 25.3 Å². The maximum Gasteiger partial charge on any atom is -0.0166 e. The minimum atomic E-state index is 1.07. The maximum atomic E-state index is 3.77. The molecule has 0 N–H and O–H groups in total. The van der Waals surface area contributed by atoms with Gasteiger partial charge in [0.2, 0.25) is 0 Å². The summed E-state index contributed by atoms with van der Waals surface area (Å²) in [5.74, 6) is 1.58. The van der Waals surface area contributed by atoms with Gasteiger partial charge >= 0.3 is 0 Å². The predicted octanol–water partition coefficient (Wildman–Crippen LogP) is 4.68. The van der Waals surface area contributed by atoms with Gasteiger partial charge in [-0.05, 0) is 25.2 Å². The second kappa shape index (κ2) is 9.57. The molecule has 0 bridgehead atoms. The molecule has 0 rings (SSSR count). The van der Waals surface area contributed by atoms with E-state index in [1.165, 1.54) is 32.1 Å². The Morgan fingerprint density at radius 2 is 1.62 bits per heavy atom. The first-order valence-corrected chi connectivity index (χ1v) is 5.40. The molecule has 0 aromatic carbocycles. The third kappa shape index (κ3) is 7.83. The Morgan fingerprint density at radius 1 is 1.00 bits per heavy atom. The Hall–Kier alpha value is -0.520. The summed E-state index contributed by atoms with van der Waals surface area (Å²) in [6, 6.07) is 0. The smallest absolute Gasteiger partial charge is 0.0166 e. The van der Waals surface area contributed by atoms with Gasteiger partial charge in [-0.2, -0.15) is 0 Å². The maximum absolute atomic E-state index is 3.77. The highest BCUT2D eigenvalue weighted by molar-refractivity contribution is 5.00. The van der Waals surface area contributed by atoms with Gasteiger partial charge in [-0.25, -0.2) is 0 Å². The molecule has 0 aromatic rings. The van der Waals surface area contributed by atoms with Gasteiger partial charge in [0.1, 0.15) is 0 Å². The lowest BCUT2D eigenvalue weighted by Crippen LogP contribution is -1.94. The summed E-state index contributed by atoms with van der Waals surface area (Å²) < 4.78 is 0. The molecule has 0 aliphatic carbocycles. The average molecular weight is 179 g/mol. The summed E-state index contributed by atoms with van der Waals surface area (Å²) in [5.41, 5.74) is 0. The van der Waals surface area contributed by atoms with Crippen molar-refractivity contribution in [3.63, 3.8) is 0 Å². The van der Waals surface area contributed by atoms with Crippen LogP contribution in [0.4, 0.5) is 0 Å². The third-order valence-electron chi connectivity index (χ3n) is 2.25. The van der Waals surface area contributed by atoms with Crippen molar-refractivity contribution in [1.29, 1.82) is 0 Å². The van der Waals surface area contributed by atoms with Gasteiger partial charge in [-0.3, -0.25) is 0 Å². The van der Waals surface area contributed by atoms with Crippen molar-refractivity contribution in [2.45, 2.75) is 51.9 Å². The highest BCUT2D eigenvalue weighted by atomic mass is 14.1. The molecule has 0 spiro atoms. The van der Waals surface area contributed by atoms with Gasteiger partial charge in [0, 0.05) is 0 Å². The molecule has 0 aliphatic heterocycles. The Labute approximate surface area is 83.7 Å². The minimum absolute atomic E-state index is 1.07. The Bertz CT molecular complexity index is 114. The molecule has 0 fully saturated rings. The zero-order valence-corrected chi connectivity index (χ0v) is 9.02. The van der Waals surface area contributed by atoms with Crippen LogP contribution in [-0.4, -0.2) is 0 Å². The molecule has 0 atom stereocenters. The quantitative estimate of drug-likeness (QED) is 0.356. The molecular formula is C13H23. The molecular weight excluding hydrogens is 156 g/mol. The van der Waals surface area contributed by atoms with Gasteiger partial charge in [0.25, 0.3) is 0 Å². The van der Waals surface area contributed by atoms with Crippen LogP contribution in [0.1, 0.15) is 51.9 Å². The molecule has 0 aromatic heterocycles. The van der Waals surface area contributed by atoms with Gasteiger partial charge in [-0.15, -0.1) is 13.2 Å².